The summed E-state index contributed by atoms with van der Waals surface area (Å²) in [6.45, 7) is 7.06. The summed E-state index contributed by atoms with van der Waals surface area (Å²) in [6.07, 6.45) is 6.06. The average molecular weight is 502 g/mol. The van der Waals surface area contributed by atoms with Crippen LogP contribution in [0.3, 0.4) is 0 Å². The van der Waals surface area contributed by atoms with Crippen LogP contribution in [0.5, 0.6) is 0 Å². The number of imidazole rings is 1. The van der Waals surface area contributed by atoms with Gasteiger partial charge in [0.1, 0.15) is 11.9 Å². The second-order valence-electron chi connectivity index (χ2n) is 10.4. The van der Waals surface area contributed by atoms with Crippen LogP contribution in [-0.2, 0) is 4.79 Å². The SMILES string of the molecule is CC(C)C[C@H](C)CNC(=O)C(C1CCCCC1)n1c(-c2ccc(Cl)cc2)nc2cc(F)c(F)cc21. The highest BCUT2D eigenvalue weighted by molar-refractivity contribution is 6.30. The molecule has 1 heterocycles. The van der Waals surface area contributed by atoms with Gasteiger partial charge in [-0.15, -0.1) is 0 Å². The largest absolute Gasteiger partial charge is 0.354 e. The minimum atomic E-state index is -0.953. The molecule has 35 heavy (non-hydrogen) atoms. The molecule has 1 fully saturated rings. The zero-order chi connectivity index (χ0) is 25.1. The topological polar surface area (TPSA) is 46.9 Å². The molecule has 0 spiro atoms. The second kappa shape index (κ2) is 11.1. The van der Waals surface area contributed by atoms with Crippen molar-refractivity contribution in [1.29, 1.82) is 0 Å². The van der Waals surface area contributed by atoms with Crippen LogP contribution >= 0.6 is 11.6 Å². The van der Waals surface area contributed by atoms with Gasteiger partial charge in [0.25, 0.3) is 0 Å². The first-order valence-corrected chi connectivity index (χ1v) is 13.0. The molecule has 7 heteroatoms. The smallest absolute Gasteiger partial charge is 0.243 e. The van der Waals surface area contributed by atoms with Crippen LogP contribution in [0.2, 0.25) is 5.02 Å². The summed E-state index contributed by atoms with van der Waals surface area (Å²) in [6, 6.07) is 8.88. The van der Waals surface area contributed by atoms with Crippen molar-refractivity contribution in [3.05, 3.63) is 53.1 Å². The molecule has 3 aromatic rings. The van der Waals surface area contributed by atoms with Gasteiger partial charge in [0.2, 0.25) is 5.91 Å². The van der Waals surface area contributed by atoms with Gasteiger partial charge in [0, 0.05) is 29.3 Å². The Morgan fingerprint density at radius 3 is 2.40 bits per heavy atom. The third kappa shape index (κ3) is 5.85. The lowest BCUT2D eigenvalue weighted by Gasteiger charge is -2.32. The number of rotatable bonds is 8. The average Bonchev–Trinajstić information content (AvgIpc) is 3.16. The van der Waals surface area contributed by atoms with Crippen LogP contribution < -0.4 is 5.32 Å². The summed E-state index contributed by atoms with van der Waals surface area (Å²) in [5.41, 5.74) is 1.50. The number of nitrogens with zero attached hydrogens (tertiary/aromatic N) is 2. The number of hydrogen-bond donors (Lipinski definition) is 1. The molecule has 0 aliphatic heterocycles. The van der Waals surface area contributed by atoms with E-state index in [0.717, 1.165) is 50.2 Å². The van der Waals surface area contributed by atoms with Crippen molar-refractivity contribution in [2.45, 2.75) is 65.3 Å². The molecule has 2 atom stereocenters. The minimum absolute atomic E-state index is 0.0840. The Kier molecular flexibility index (Phi) is 8.10. The van der Waals surface area contributed by atoms with Crippen LogP contribution in [0.15, 0.2) is 36.4 Å². The van der Waals surface area contributed by atoms with E-state index in [9.17, 15) is 13.6 Å². The molecule has 1 aliphatic rings. The Morgan fingerprint density at radius 2 is 1.74 bits per heavy atom. The van der Waals surface area contributed by atoms with Gasteiger partial charge < -0.3 is 9.88 Å². The van der Waals surface area contributed by atoms with Crippen molar-refractivity contribution in [3.8, 4) is 11.4 Å². The van der Waals surface area contributed by atoms with Gasteiger partial charge in [0.15, 0.2) is 11.6 Å². The normalized spacial score (nSPS) is 16.5. The van der Waals surface area contributed by atoms with Crippen LogP contribution in [-0.4, -0.2) is 22.0 Å². The van der Waals surface area contributed by atoms with Crippen molar-refractivity contribution in [1.82, 2.24) is 14.9 Å². The van der Waals surface area contributed by atoms with E-state index >= 15 is 0 Å². The van der Waals surface area contributed by atoms with Crippen LogP contribution in [0, 0.1) is 29.4 Å². The first-order valence-electron chi connectivity index (χ1n) is 12.6. The molecule has 1 amide bonds. The number of carbonyl (C=O) groups excluding carboxylic acids is 1. The standard InChI is InChI=1S/C28H34ClF2N3O/c1-17(2)13-18(3)16-32-28(35)26(19-7-5-4-6-8-19)34-25-15-23(31)22(30)14-24(25)33-27(34)20-9-11-21(29)12-10-20/h9-12,14-15,17-19,26H,4-8,13,16H2,1-3H3,(H,32,35)/t18-,26?/m0/s1. The van der Waals surface area contributed by atoms with Crippen molar-refractivity contribution in [3.63, 3.8) is 0 Å². The Bertz CT molecular complexity index is 1170. The predicted octanol–water partition coefficient (Wildman–Crippen LogP) is 7.55. The number of hydrogen-bond acceptors (Lipinski definition) is 2. The highest BCUT2D eigenvalue weighted by atomic mass is 35.5. The van der Waals surface area contributed by atoms with Gasteiger partial charge >= 0.3 is 0 Å². The van der Waals surface area contributed by atoms with Crippen LogP contribution in [0.4, 0.5) is 8.78 Å². The quantitative estimate of drug-likeness (QED) is 0.346. The minimum Gasteiger partial charge on any atom is -0.354 e. The molecule has 1 aromatic heterocycles. The van der Waals surface area contributed by atoms with Crippen LogP contribution in [0.25, 0.3) is 22.4 Å². The Labute approximate surface area is 211 Å². The molecule has 0 bridgehead atoms. The predicted molar refractivity (Wildman–Crippen MR) is 137 cm³/mol. The Hall–Kier alpha value is -2.47. The van der Waals surface area contributed by atoms with E-state index in [1.54, 1.807) is 12.1 Å². The van der Waals surface area contributed by atoms with Crippen molar-refractivity contribution >= 4 is 28.5 Å². The first kappa shape index (κ1) is 25.6. The molecule has 4 rings (SSSR count). The third-order valence-electron chi connectivity index (χ3n) is 6.98. The Morgan fingerprint density at radius 1 is 1.09 bits per heavy atom. The summed E-state index contributed by atoms with van der Waals surface area (Å²) in [5, 5.41) is 3.75. The Balaban J connectivity index is 1.82. The number of carbonyl (C=O) groups is 1. The molecular weight excluding hydrogens is 468 g/mol. The number of nitrogens with one attached hydrogen (secondary N) is 1. The summed E-state index contributed by atoms with van der Waals surface area (Å²) in [4.78, 5) is 18.5. The summed E-state index contributed by atoms with van der Waals surface area (Å²) < 4.78 is 30.4. The van der Waals surface area contributed by atoms with E-state index in [4.69, 9.17) is 11.6 Å². The molecule has 188 valence electrons. The van der Waals surface area contributed by atoms with E-state index in [1.165, 1.54) is 6.07 Å². The maximum atomic E-state index is 14.4. The number of benzene rings is 2. The third-order valence-corrected chi connectivity index (χ3v) is 7.23. The van der Waals surface area contributed by atoms with E-state index in [1.807, 2.05) is 16.7 Å². The molecule has 1 N–H and O–H groups in total. The monoisotopic (exact) mass is 501 g/mol. The summed E-state index contributed by atoms with van der Waals surface area (Å²) in [7, 11) is 0. The maximum absolute atomic E-state index is 14.4. The lowest BCUT2D eigenvalue weighted by atomic mass is 9.83. The number of halogens is 3. The van der Waals surface area contributed by atoms with Gasteiger partial charge in [-0.1, -0.05) is 51.6 Å². The highest BCUT2D eigenvalue weighted by Crippen LogP contribution is 2.39. The fourth-order valence-electron chi connectivity index (χ4n) is 5.43. The summed E-state index contributed by atoms with van der Waals surface area (Å²) >= 11 is 6.11. The van der Waals surface area contributed by atoms with Crippen molar-refractivity contribution < 1.29 is 13.6 Å². The molecule has 1 unspecified atom stereocenters. The van der Waals surface area contributed by atoms with E-state index in [0.29, 0.717) is 40.3 Å². The number of aromatic nitrogens is 2. The van der Waals surface area contributed by atoms with Gasteiger partial charge in [-0.2, -0.15) is 0 Å². The molecule has 2 aromatic carbocycles. The van der Waals surface area contributed by atoms with Crippen molar-refractivity contribution in [2.24, 2.45) is 17.8 Å². The van der Waals surface area contributed by atoms with Gasteiger partial charge in [-0.05, 0) is 61.3 Å². The molecule has 1 saturated carbocycles. The van der Waals surface area contributed by atoms with E-state index in [2.05, 4.69) is 31.1 Å². The van der Waals surface area contributed by atoms with Gasteiger partial charge in [-0.25, -0.2) is 13.8 Å². The number of fused-ring (bicyclic) bond motifs is 1. The van der Waals surface area contributed by atoms with E-state index in [-0.39, 0.29) is 11.8 Å². The molecular formula is C28H34ClF2N3O. The maximum Gasteiger partial charge on any atom is 0.243 e. The van der Waals surface area contributed by atoms with Gasteiger partial charge in [-0.3, -0.25) is 4.79 Å². The highest BCUT2D eigenvalue weighted by Gasteiger charge is 2.34. The fourth-order valence-corrected chi connectivity index (χ4v) is 5.56. The lowest BCUT2D eigenvalue weighted by molar-refractivity contribution is -0.126. The zero-order valence-electron chi connectivity index (χ0n) is 20.7. The first-order chi connectivity index (χ1) is 16.7. The zero-order valence-corrected chi connectivity index (χ0v) is 21.4. The second-order valence-corrected chi connectivity index (χ2v) is 10.8. The number of amides is 1. The fraction of sp³-hybridized carbons (Fsp3) is 0.500. The summed E-state index contributed by atoms with van der Waals surface area (Å²) in [5.74, 6) is -0.508. The molecule has 0 radical (unpaired) electrons. The van der Waals surface area contributed by atoms with Gasteiger partial charge in [0.05, 0.1) is 11.0 Å². The van der Waals surface area contributed by atoms with Crippen LogP contribution in [0.1, 0.15) is 65.3 Å². The van der Waals surface area contributed by atoms with E-state index < -0.39 is 17.7 Å². The molecule has 1 aliphatic carbocycles. The lowest BCUT2D eigenvalue weighted by Crippen LogP contribution is -2.39. The molecule has 4 nitrogen and oxygen atoms in total. The van der Waals surface area contributed by atoms with Crippen molar-refractivity contribution in [2.75, 3.05) is 6.54 Å². The molecule has 0 saturated heterocycles.